The van der Waals surface area contributed by atoms with Crippen molar-refractivity contribution in [1.82, 2.24) is 9.80 Å². The average Bonchev–Trinajstić information content (AvgIpc) is 2.72. The number of piperazine rings is 1. The van der Waals surface area contributed by atoms with Gasteiger partial charge in [-0.15, -0.1) is 0 Å². The van der Waals surface area contributed by atoms with E-state index >= 15 is 0 Å². The highest BCUT2D eigenvalue weighted by molar-refractivity contribution is 6.35. The molecule has 3 rings (SSSR count). The van der Waals surface area contributed by atoms with Gasteiger partial charge in [-0.3, -0.25) is 9.59 Å². The van der Waals surface area contributed by atoms with Gasteiger partial charge >= 0.3 is 0 Å². The van der Waals surface area contributed by atoms with E-state index in [0.29, 0.717) is 42.0 Å². The highest BCUT2D eigenvalue weighted by atomic mass is 35.5. The van der Waals surface area contributed by atoms with Crippen molar-refractivity contribution in [1.29, 1.82) is 0 Å². The Balaban J connectivity index is 1.46. The van der Waals surface area contributed by atoms with Gasteiger partial charge in [0.1, 0.15) is 5.75 Å². The molecular formula is C21H20Cl2N2O3. The lowest BCUT2D eigenvalue weighted by atomic mass is 10.2. The molecule has 1 aliphatic rings. The Morgan fingerprint density at radius 2 is 1.64 bits per heavy atom. The molecule has 0 unspecified atom stereocenters. The summed E-state index contributed by atoms with van der Waals surface area (Å²) in [4.78, 5) is 28.1. The number of ether oxygens (including phenoxy) is 1. The Morgan fingerprint density at radius 1 is 0.964 bits per heavy atom. The molecule has 0 aliphatic carbocycles. The molecule has 7 heteroatoms. The molecule has 28 heavy (non-hydrogen) atoms. The van der Waals surface area contributed by atoms with Gasteiger partial charge in [-0.2, -0.15) is 0 Å². The minimum Gasteiger partial charge on any atom is -0.482 e. The van der Waals surface area contributed by atoms with Gasteiger partial charge in [0.05, 0.1) is 5.02 Å². The fourth-order valence-corrected chi connectivity index (χ4v) is 3.30. The number of amides is 2. The van der Waals surface area contributed by atoms with E-state index < -0.39 is 0 Å². The van der Waals surface area contributed by atoms with Crippen molar-refractivity contribution in [3.05, 3.63) is 70.2 Å². The standard InChI is InChI=1S/C21H20Cl2N2O3/c22-17-7-8-19(18(23)14-17)28-15-21(27)25-12-10-24(11-13-25)20(26)9-6-16-4-2-1-3-5-16/h1-9,14H,10-13,15H2/b9-6+. The summed E-state index contributed by atoms with van der Waals surface area (Å²) in [6, 6.07) is 14.5. The van der Waals surface area contributed by atoms with Gasteiger partial charge in [-0.05, 0) is 29.8 Å². The van der Waals surface area contributed by atoms with Crippen LogP contribution in [0.1, 0.15) is 5.56 Å². The molecule has 0 spiro atoms. The van der Waals surface area contributed by atoms with Crippen LogP contribution in [-0.4, -0.2) is 54.4 Å². The summed E-state index contributed by atoms with van der Waals surface area (Å²) in [5.74, 6) is 0.220. The predicted octanol–water partition coefficient (Wildman–Crippen LogP) is 3.76. The lowest BCUT2D eigenvalue weighted by Crippen LogP contribution is -2.51. The zero-order chi connectivity index (χ0) is 19.9. The monoisotopic (exact) mass is 418 g/mol. The Hall–Kier alpha value is -2.50. The highest BCUT2D eigenvalue weighted by Gasteiger charge is 2.23. The maximum Gasteiger partial charge on any atom is 0.260 e. The van der Waals surface area contributed by atoms with Crippen LogP contribution in [0.4, 0.5) is 0 Å². The Kier molecular flexibility index (Phi) is 6.95. The summed E-state index contributed by atoms with van der Waals surface area (Å²) in [5, 5.41) is 0.867. The van der Waals surface area contributed by atoms with E-state index in [1.54, 1.807) is 40.2 Å². The minimum absolute atomic E-state index is 0.0554. The maximum absolute atomic E-state index is 12.4. The molecule has 2 aromatic rings. The normalized spacial score (nSPS) is 14.4. The second-order valence-electron chi connectivity index (χ2n) is 6.31. The molecule has 2 aromatic carbocycles. The topological polar surface area (TPSA) is 49.9 Å². The number of halogens is 2. The summed E-state index contributed by atoms with van der Waals surface area (Å²) in [6.45, 7) is 1.82. The highest BCUT2D eigenvalue weighted by Crippen LogP contribution is 2.27. The summed E-state index contributed by atoms with van der Waals surface area (Å²) in [6.07, 6.45) is 3.36. The molecule has 146 valence electrons. The molecule has 5 nitrogen and oxygen atoms in total. The predicted molar refractivity (Wildman–Crippen MR) is 111 cm³/mol. The van der Waals surface area contributed by atoms with Crippen LogP contribution >= 0.6 is 23.2 Å². The van der Waals surface area contributed by atoms with Crippen LogP contribution in [0.5, 0.6) is 5.75 Å². The average molecular weight is 419 g/mol. The van der Waals surface area contributed by atoms with E-state index in [2.05, 4.69) is 0 Å². The van der Waals surface area contributed by atoms with Crippen molar-refractivity contribution in [3.63, 3.8) is 0 Å². The number of benzene rings is 2. The number of nitrogens with zero attached hydrogens (tertiary/aromatic N) is 2. The molecule has 0 atom stereocenters. The minimum atomic E-state index is -0.141. The summed E-state index contributed by atoms with van der Waals surface area (Å²) in [7, 11) is 0. The molecule has 1 fully saturated rings. The smallest absolute Gasteiger partial charge is 0.260 e. The second-order valence-corrected chi connectivity index (χ2v) is 7.16. The largest absolute Gasteiger partial charge is 0.482 e. The van der Waals surface area contributed by atoms with E-state index in [1.807, 2.05) is 30.3 Å². The van der Waals surface area contributed by atoms with Gasteiger partial charge in [0.2, 0.25) is 5.91 Å². The summed E-state index contributed by atoms with van der Waals surface area (Å²) < 4.78 is 5.50. The first-order chi connectivity index (χ1) is 13.5. The lowest BCUT2D eigenvalue weighted by Gasteiger charge is -2.34. The fourth-order valence-electron chi connectivity index (χ4n) is 2.84. The van der Waals surface area contributed by atoms with Gasteiger partial charge < -0.3 is 14.5 Å². The maximum atomic E-state index is 12.4. The molecule has 0 radical (unpaired) electrons. The van der Waals surface area contributed by atoms with Gasteiger partial charge in [-0.25, -0.2) is 0 Å². The zero-order valence-electron chi connectivity index (χ0n) is 15.2. The molecule has 0 bridgehead atoms. The van der Waals surface area contributed by atoms with E-state index in [9.17, 15) is 9.59 Å². The van der Waals surface area contributed by atoms with E-state index in [0.717, 1.165) is 5.56 Å². The van der Waals surface area contributed by atoms with Gasteiger partial charge in [-0.1, -0.05) is 53.5 Å². The summed E-state index contributed by atoms with van der Waals surface area (Å²) >= 11 is 11.9. The van der Waals surface area contributed by atoms with Gasteiger partial charge in [0.25, 0.3) is 5.91 Å². The molecule has 0 aromatic heterocycles. The number of hydrogen-bond donors (Lipinski definition) is 0. The number of hydrogen-bond acceptors (Lipinski definition) is 3. The first-order valence-corrected chi connectivity index (χ1v) is 9.66. The number of rotatable bonds is 5. The van der Waals surface area contributed by atoms with Crippen molar-refractivity contribution < 1.29 is 14.3 Å². The van der Waals surface area contributed by atoms with Crippen LogP contribution in [0, 0.1) is 0 Å². The number of carbonyl (C=O) groups excluding carboxylic acids is 2. The SMILES string of the molecule is O=C(/C=C/c1ccccc1)N1CCN(C(=O)COc2ccc(Cl)cc2Cl)CC1. The molecule has 1 aliphatic heterocycles. The fraction of sp³-hybridized carbons (Fsp3) is 0.238. The first-order valence-electron chi connectivity index (χ1n) is 8.90. The van der Waals surface area contributed by atoms with Crippen LogP contribution < -0.4 is 4.74 Å². The zero-order valence-corrected chi connectivity index (χ0v) is 16.7. The van der Waals surface area contributed by atoms with Crippen molar-refractivity contribution in [2.45, 2.75) is 0 Å². The van der Waals surface area contributed by atoms with Crippen LogP contribution in [0.3, 0.4) is 0 Å². The van der Waals surface area contributed by atoms with E-state index in [-0.39, 0.29) is 18.4 Å². The molecule has 0 saturated carbocycles. The molecule has 1 heterocycles. The van der Waals surface area contributed by atoms with Crippen LogP contribution in [0.25, 0.3) is 6.08 Å². The van der Waals surface area contributed by atoms with E-state index in [4.69, 9.17) is 27.9 Å². The first kappa shape index (κ1) is 20.2. The van der Waals surface area contributed by atoms with Crippen molar-refractivity contribution in [3.8, 4) is 5.75 Å². The third-order valence-electron chi connectivity index (χ3n) is 4.41. The van der Waals surface area contributed by atoms with Gasteiger partial charge in [0, 0.05) is 37.3 Å². The van der Waals surface area contributed by atoms with Crippen LogP contribution in [-0.2, 0) is 9.59 Å². The Morgan fingerprint density at radius 3 is 2.32 bits per heavy atom. The Labute approximate surface area is 174 Å². The third-order valence-corrected chi connectivity index (χ3v) is 4.94. The quantitative estimate of drug-likeness (QED) is 0.694. The van der Waals surface area contributed by atoms with Crippen molar-refractivity contribution in [2.24, 2.45) is 0 Å². The molecule has 0 N–H and O–H groups in total. The third kappa shape index (κ3) is 5.50. The molecule has 2 amide bonds. The molecule has 1 saturated heterocycles. The van der Waals surface area contributed by atoms with Crippen LogP contribution in [0.15, 0.2) is 54.6 Å². The number of carbonyl (C=O) groups is 2. The van der Waals surface area contributed by atoms with Crippen LogP contribution in [0.2, 0.25) is 10.0 Å². The van der Waals surface area contributed by atoms with E-state index in [1.165, 1.54) is 0 Å². The Bertz CT molecular complexity index is 863. The van der Waals surface area contributed by atoms with Crippen molar-refractivity contribution >= 4 is 41.1 Å². The van der Waals surface area contributed by atoms with Gasteiger partial charge in [0.15, 0.2) is 6.61 Å². The lowest BCUT2D eigenvalue weighted by molar-refractivity contribution is -0.138. The molecular weight excluding hydrogens is 399 g/mol. The second kappa shape index (κ2) is 9.62. The summed E-state index contributed by atoms with van der Waals surface area (Å²) in [5.41, 5.74) is 0.975. The van der Waals surface area contributed by atoms with Crippen molar-refractivity contribution in [2.75, 3.05) is 32.8 Å².